The van der Waals surface area contributed by atoms with E-state index in [9.17, 15) is 4.79 Å². The van der Waals surface area contributed by atoms with Crippen LogP contribution in [0.5, 0.6) is 0 Å². The monoisotopic (exact) mass is 318 g/mol. The Morgan fingerprint density at radius 3 is 2.91 bits per heavy atom. The van der Waals surface area contributed by atoms with Crippen molar-refractivity contribution < 1.29 is 4.79 Å². The fourth-order valence-electron chi connectivity index (χ4n) is 2.88. The molecule has 1 aromatic carbocycles. The zero-order chi connectivity index (χ0) is 15.7. The molecule has 1 aliphatic rings. The highest BCUT2D eigenvalue weighted by atomic mass is 35.5. The van der Waals surface area contributed by atoms with Crippen molar-refractivity contribution in [3.8, 4) is 11.3 Å². The number of hydrogen-bond acceptors (Lipinski definition) is 3. The van der Waals surface area contributed by atoms with Crippen molar-refractivity contribution in [2.45, 2.75) is 6.42 Å². The number of carbonyl (C=O) groups is 1. The molecular formula is C16H19ClN4O. The van der Waals surface area contributed by atoms with Crippen LogP contribution in [-0.2, 0) is 7.05 Å². The number of amides is 1. The first kappa shape index (κ1) is 15.1. The van der Waals surface area contributed by atoms with Crippen molar-refractivity contribution in [1.82, 2.24) is 14.7 Å². The summed E-state index contributed by atoms with van der Waals surface area (Å²) in [5, 5.41) is 5.03. The quantitative estimate of drug-likeness (QED) is 0.943. The van der Waals surface area contributed by atoms with Gasteiger partial charge in [0.25, 0.3) is 5.91 Å². The van der Waals surface area contributed by atoms with Crippen LogP contribution in [-0.4, -0.2) is 40.2 Å². The molecule has 3 rings (SSSR count). The summed E-state index contributed by atoms with van der Waals surface area (Å²) in [4.78, 5) is 14.7. The van der Waals surface area contributed by atoms with E-state index in [1.54, 1.807) is 16.9 Å². The molecule has 1 aliphatic heterocycles. The molecule has 1 amide bonds. The minimum absolute atomic E-state index is 0.000954. The first-order valence-electron chi connectivity index (χ1n) is 7.38. The number of rotatable bonds is 3. The van der Waals surface area contributed by atoms with Crippen LogP contribution in [0.2, 0.25) is 5.02 Å². The van der Waals surface area contributed by atoms with Crippen LogP contribution in [0.15, 0.2) is 30.5 Å². The number of benzene rings is 1. The number of carbonyl (C=O) groups excluding carboxylic acids is 1. The van der Waals surface area contributed by atoms with E-state index in [1.807, 2.05) is 30.1 Å². The Bertz CT molecular complexity index is 697. The molecule has 0 radical (unpaired) electrons. The summed E-state index contributed by atoms with van der Waals surface area (Å²) in [6.07, 6.45) is 2.72. The number of aromatic nitrogens is 2. The predicted molar refractivity (Wildman–Crippen MR) is 86.7 cm³/mol. The van der Waals surface area contributed by atoms with Crippen molar-refractivity contribution in [3.63, 3.8) is 0 Å². The molecule has 2 heterocycles. The zero-order valence-corrected chi connectivity index (χ0v) is 13.3. The minimum atomic E-state index is -0.000954. The summed E-state index contributed by atoms with van der Waals surface area (Å²) in [6, 6.07) is 7.45. The maximum Gasteiger partial charge on any atom is 0.257 e. The normalized spacial score (nSPS) is 18.0. The summed E-state index contributed by atoms with van der Waals surface area (Å²) >= 11 is 6.26. The average Bonchev–Trinajstić information content (AvgIpc) is 3.13. The van der Waals surface area contributed by atoms with E-state index >= 15 is 0 Å². The molecule has 1 aromatic heterocycles. The summed E-state index contributed by atoms with van der Waals surface area (Å²) in [6.45, 7) is 2.08. The molecule has 0 saturated carbocycles. The highest BCUT2D eigenvalue weighted by molar-refractivity contribution is 6.33. The molecule has 116 valence electrons. The fraction of sp³-hybridized carbons (Fsp3) is 0.375. The van der Waals surface area contributed by atoms with Gasteiger partial charge >= 0.3 is 0 Å². The van der Waals surface area contributed by atoms with Gasteiger partial charge in [-0.05, 0) is 24.9 Å². The molecule has 5 nitrogen and oxygen atoms in total. The molecular weight excluding hydrogens is 300 g/mol. The Morgan fingerprint density at radius 1 is 1.45 bits per heavy atom. The second-order valence-corrected chi connectivity index (χ2v) is 6.09. The molecule has 0 unspecified atom stereocenters. The van der Waals surface area contributed by atoms with Gasteiger partial charge in [-0.2, -0.15) is 5.10 Å². The smallest absolute Gasteiger partial charge is 0.257 e. The van der Waals surface area contributed by atoms with Crippen molar-refractivity contribution >= 4 is 17.5 Å². The van der Waals surface area contributed by atoms with Crippen LogP contribution < -0.4 is 5.73 Å². The molecule has 2 N–H and O–H groups in total. The molecule has 2 aromatic rings. The molecule has 0 spiro atoms. The number of hydrogen-bond donors (Lipinski definition) is 1. The van der Waals surface area contributed by atoms with Crippen molar-refractivity contribution in [2.75, 3.05) is 19.6 Å². The van der Waals surface area contributed by atoms with Gasteiger partial charge in [0.05, 0.1) is 10.6 Å². The van der Waals surface area contributed by atoms with Crippen LogP contribution >= 0.6 is 11.6 Å². The van der Waals surface area contributed by atoms with Gasteiger partial charge in [0.15, 0.2) is 0 Å². The third-order valence-corrected chi connectivity index (χ3v) is 4.42. The largest absolute Gasteiger partial charge is 0.338 e. The lowest BCUT2D eigenvalue weighted by Crippen LogP contribution is -2.30. The second kappa shape index (κ2) is 6.10. The Kier molecular flexibility index (Phi) is 4.18. The van der Waals surface area contributed by atoms with Crippen molar-refractivity contribution in [2.24, 2.45) is 18.7 Å². The standard InChI is InChI=1S/C16H19ClN4O/c1-20-10-13(16(22)21-7-6-11(8-18)9-21)15(19-20)12-4-2-3-5-14(12)17/h2-5,10-11H,6-9,18H2,1H3/t11-/m0/s1. The van der Waals surface area contributed by atoms with Gasteiger partial charge in [-0.3, -0.25) is 9.48 Å². The Hall–Kier alpha value is -1.85. The first-order chi connectivity index (χ1) is 10.6. The van der Waals surface area contributed by atoms with Gasteiger partial charge in [-0.15, -0.1) is 0 Å². The minimum Gasteiger partial charge on any atom is -0.338 e. The van der Waals surface area contributed by atoms with Crippen LogP contribution in [0.4, 0.5) is 0 Å². The van der Waals surface area contributed by atoms with E-state index in [0.29, 0.717) is 35.3 Å². The lowest BCUT2D eigenvalue weighted by Gasteiger charge is -2.16. The highest BCUT2D eigenvalue weighted by Crippen LogP contribution is 2.30. The van der Waals surface area contributed by atoms with Crippen molar-refractivity contribution in [3.05, 3.63) is 41.0 Å². The number of aryl methyl sites for hydroxylation is 1. The molecule has 0 bridgehead atoms. The molecule has 1 atom stereocenters. The fourth-order valence-corrected chi connectivity index (χ4v) is 3.10. The molecule has 22 heavy (non-hydrogen) atoms. The van der Waals surface area contributed by atoms with Gasteiger partial charge in [0.1, 0.15) is 5.69 Å². The molecule has 1 fully saturated rings. The first-order valence-corrected chi connectivity index (χ1v) is 7.76. The molecule has 0 aliphatic carbocycles. The van der Waals surface area contributed by atoms with Gasteiger partial charge < -0.3 is 10.6 Å². The summed E-state index contributed by atoms with van der Waals surface area (Å²) in [5.74, 6) is 0.392. The maximum absolute atomic E-state index is 12.8. The zero-order valence-electron chi connectivity index (χ0n) is 12.5. The SMILES string of the molecule is Cn1cc(C(=O)N2CC[C@@H](CN)C2)c(-c2ccccc2Cl)n1. The number of nitrogens with zero attached hydrogens (tertiary/aromatic N) is 3. The Labute approximate surface area is 134 Å². The third-order valence-electron chi connectivity index (χ3n) is 4.09. The maximum atomic E-state index is 12.8. The van der Waals surface area contributed by atoms with E-state index in [2.05, 4.69) is 5.10 Å². The summed E-state index contributed by atoms with van der Waals surface area (Å²) < 4.78 is 1.66. The van der Waals surface area contributed by atoms with Gasteiger partial charge in [-0.1, -0.05) is 29.8 Å². The van der Waals surface area contributed by atoms with E-state index in [4.69, 9.17) is 17.3 Å². The number of likely N-dealkylation sites (tertiary alicyclic amines) is 1. The number of nitrogens with two attached hydrogens (primary N) is 1. The van der Waals surface area contributed by atoms with Crippen LogP contribution in [0.25, 0.3) is 11.3 Å². The summed E-state index contributed by atoms with van der Waals surface area (Å²) in [7, 11) is 1.81. The van der Waals surface area contributed by atoms with E-state index in [0.717, 1.165) is 18.5 Å². The Balaban J connectivity index is 1.95. The van der Waals surface area contributed by atoms with Gasteiger partial charge in [0.2, 0.25) is 0 Å². The van der Waals surface area contributed by atoms with E-state index in [-0.39, 0.29) is 5.91 Å². The van der Waals surface area contributed by atoms with Gasteiger partial charge in [-0.25, -0.2) is 0 Å². The Morgan fingerprint density at radius 2 is 2.23 bits per heavy atom. The predicted octanol–water partition coefficient (Wildman–Crippen LogP) is 2.16. The topological polar surface area (TPSA) is 64.2 Å². The average molecular weight is 319 g/mol. The lowest BCUT2D eigenvalue weighted by atomic mass is 10.1. The highest BCUT2D eigenvalue weighted by Gasteiger charge is 2.29. The molecule has 1 saturated heterocycles. The number of halogens is 1. The van der Waals surface area contributed by atoms with Crippen LogP contribution in [0.1, 0.15) is 16.8 Å². The van der Waals surface area contributed by atoms with Crippen LogP contribution in [0, 0.1) is 5.92 Å². The lowest BCUT2D eigenvalue weighted by molar-refractivity contribution is 0.0788. The van der Waals surface area contributed by atoms with Gasteiger partial charge in [0, 0.05) is 31.9 Å². The van der Waals surface area contributed by atoms with E-state index < -0.39 is 0 Å². The second-order valence-electron chi connectivity index (χ2n) is 5.69. The molecule has 6 heteroatoms. The van der Waals surface area contributed by atoms with Crippen molar-refractivity contribution in [1.29, 1.82) is 0 Å². The third kappa shape index (κ3) is 2.74. The summed E-state index contributed by atoms with van der Waals surface area (Å²) in [5.41, 5.74) is 7.71. The van der Waals surface area contributed by atoms with E-state index in [1.165, 1.54) is 0 Å². The van der Waals surface area contributed by atoms with Crippen LogP contribution in [0.3, 0.4) is 0 Å².